The lowest BCUT2D eigenvalue weighted by Gasteiger charge is -2.28. The number of rotatable bonds is 4. The van der Waals surface area contributed by atoms with Crippen LogP contribution in [0.1, 0.15) is 39.5 Å². The van der Waals surface area contributed by atoms with Gasteiger partial charge in [-0.2, -0.15) is 13.2 Å². The zero-order valence-electron chi connectivity index (χ0n) is 11.1. The molecule has 1 aliphatic rings. The van der Waals surface area contributed by atoms with Gasteiger partial charge in [-0.1, -0.05) is 6.92 Å². The van der Waals surface area contributed by atoms with Crippen molar-refractivity contribution < 1.29 is 22.8 Å². The van der Waals surface area contributed by atoms with Gasteiger partial charge in [-0.3, -0.25) is 9.59 Å². The van der Waals surface area contributed by atoms with Crippen LogP contribution in [0.3, 0.4) is 0 Å². The van der Waals surface area contributed by atoms with Crippen LogP contribution in [0, 0.1) is 0 Å². The molecule has 4 nitrogen and oxygen atoms in total. The molecule has 0 radical (unpaired) electrons. The monoisotopic (exact) mass is 280 g/mol. The molecule has 1 N–H and O–H groups in total. The van der Waals surface area contributed by atoms with Crippen molar-refractivity contribution in [2.45, 2.75) is 57.8 Å². The van der Waals surface area contributed by atoms with E-state index >= 15 is 0 Å². The first-order valence-electron chi connectivity index (χ1n) is 6.41. The Morgan fingerprint density at radius 2 is 2.00 bits per heavy atom. The molecule has 7 heteroatoms. The highest BCUT2D eigenvalue weighted by atomic mass is 19.4. The summed E-state index contributed by atoms with van der Waals surface area (Å²) < 4.78 is 36.4. The summed E-state index contributed by atoms with van der Waals surface area (Å²) in [4.78, 5) is 25.0. The second-order valence-electron chi connectivity index (χ2n) is 4.83. The molecule has 0 saturated carbocycles. The summed E-state index contributed by atoms with van der Waals surface area (Å²) in [5.41, 5.74) is 0. The van der Waals surface area contributed by atoms with E-state index in [-0.39, 0.29) is 37.2 Å². The van der Waals surface area contributed by atoms with Crippen LogP contribution < -0.4 is 5.32 Å². The van der Waals surface area contributed by atoms with Gasteiger partial charge in [-0.25, -0.2) is 0 Å². The van der Waals surface area contributed by atoms with Crippen molar-refractivity contribution in [1.29, 1.82) is 0 Å². The molecule has 0 aromatic carbocycles. The summed E-state index contributed by atoms with van der Waals surface area (Å²) in [5.74, 6) is -0.519. The Morgan fingerprint density at radius 1 is 1.37 bits per heavy atom. The molecule has 1 heterocycles. The Bertz CT molecular complexity index is 344. The van der Waals surface area contributed by atoms with E-state index in [1.54, 1.807) is 13.8 Å². The van der Waals surface area contributed by atoms with E-state index in [2.05, 4.69) is 5.32 Å². The molecule has 2 amide bonds. The highest BCUT2D eigenvalue weighted by Gasteiger charge is 2.33. The van der Waals surface area contributed by atoms with Gasteiger partial charge in [-0.05, 0) is 19.8 Å². The van der Waals surface area contributed by atoms with Gasteiger partial charge in [0.25, 0.3) is 0 Å². The van der Waals surface area contributed by atoms with Crippen LogP contribution in [0.25, 0.3) is 0 Å². The lowest BCUT2D eigenvalue weighted by atomic mass is 10.1. The Balaban J connectivity index is 2.66. The van der Waals surface area contributed by atoms with Gasteiger partial charge in [-0.15, -0.1) is 0 Å². The minimum atomic E-state index is -4.21. The quantitative estimate of drug-likeness (QED) is 0.854. The molecule has 0 spiro atoms. The second-order valence-corrected chi connectivity index (χ2v) is 4.83. The van der Waals surface area contributed by atoms with Gasteiger partial charge in [0.15, 0.2) is 0 Å². The van der Waals surface area contributed by atoms with Gasteiger partial charge in [0.05, 0.1) is 0 Å². The predicted molar refractivity (Wildman–Crippen MR) is 63.3 cm³/mol. The minimum absolute atomic E-state index is 0.0327. The zero-order chi connectivity index (χ0) is 14.6. The van der Waals surface area contributed by atoms with Crippen molar-refractivity contribution in [2.24, 2.45) is 0 Å². The van der Waals surface area contributed by atoms with Crippen LogP contribution >= 0.6 is 0 Å². The number of nitrogens with one attached hydrogen (secondary N) is 1. The number of hydrogen-bond donors (Lipinski definition) is 1. The SMILES string of the molecule is CCC1NC(=O)CC(C)N(CCCC(F)(F)F)C1=O. The molecule has 2 atom stereocenters. The first kappa shape index (κ1) is 15.8. The third-order valence-electron chi connectivity index (χ3n) is 3.20. The van der Waals surface area contributed by atoms with Crippen LogP contribution in [0.4, 0.5) is 13.2 Å². The average Bonchev–Trinajstić information content (AvgIpc) is 2.37. The van der Waals surface area contributed by atoms with Crippen molar-refractivity contribution in [1.82, 2.24) is 10.2 Å². The molecular weight excluding hydrogens is 261 g/mol. The number of amides is 2. The van der Waals surface area contributed by atoms with Gasteiger partial charge >= 0.3 is 6.18 Å². The van der Waals surface area contributed by atoms with E-state index in [1.165, 1.54) is 4.90 Å². The molecule has 1 rings (SSSR count). The van der Waals surface area contributed by atoms with E-state index in [9.17, 15) is 22.8 Å². The topological polar surface area (TPSA) is 49.4 Å². The second kappa shape index (κ2) is 6.25. The van der Waals surface area contributed by atoms with Crippen LogP contribution in [0.2, 0.25) is 0 Å². The number of nitrogens with zero attached hydrogens (tertiary/aromatic N) is 1. The molecule has 1 aliphatic heterocycles. The van der Waals surface area contributed by atoms with Crippen molar-refractivity contribution in [2.75, 3.05) is 6.54 Å². The maximum atomic E-state index is 12.1. The van der Waals surface area contributed by atoms with Gasteiger partial charge in [0.1, 0.15) is 6.04 Å². The largest absolute Gasteiger partial charge is 0.389 e. The number of hydrogen-bond acceptors (Lipinski definition) is 2. The maximum absolute atomic E-state index is 12.1. The number of halogens is 3. The first-order valence-corrected chi connectivity index (χ1v) is 6.41. The summed E-state index contributed by atoms with van der Waals surface area (Å²) >= 11 is 0. The zero-order valence-corrected chi connectivity index (χ0v) is 11.1. The summed E-state index contributed by atoms with van der Waals surface area (Å²) in [6.45, 7) is 3.47. The lowest BCUT2D eigenvalue weighted by Crippen LogP contribution is -2.46. The van der Waals surface area contributed by atoms with Gasteiger partial charge < -0.3 is 10.2 Å². The summed E-state index contributed by atoms with van der Waals surface area (Å²) in [5, 5.41) is 2.59. The van der Waals surface area contributed by atoms with E-state index in [0.717, 1.165) is 0 Å². The fourth-order valence-electron chi connectivity index (χ4n) is 2.17. The molecular formula is C12H19F3N2O2. The Morgan fingerprint density at radius 3 is 2.53 bits per heavy atom. The van der Waals surface area contributed by atoms with Crippen molar-refractivity contribution in [3.63, 3.8) is 0 Å². The third kappa shape index (κ3) is 4.72. The van der Waals surface area contributed by atoms with Crippen LogP contribution in [0.5, 0.6) is 0 Å². The molecule has 110 valence electrons. The smallest absolute Gasteiger partial charge is 0.344 e. The van der Waals surface area contributed by atoms with Crippen LogP contribution in [0.15, 0.2) is 0 Å². The molecule has 1 fully saturated rings. The summed E-state index contributed by atoms with van der Waals surface area (Å²) in [7, 11) is 0. The molecule has 2 unspecified atom stereocenters. The average molecular weight is 280 g/mol. The molecule has 0 aromatic heterocycles. The van der Waals surface area contributed by atoms with Crippen LogP contribution in [-0.2, 0) is 9.59 Å². The van der Waals surface area contributed by atoms with E-state index in [0.29, 0.717) is 6.42 Å². The van der Waals surface area contributed by atoms with E-state index < -0.39 is 18.6 Å². The van der Waals surface area contributed by atoms with Crippen molar-refractivity contribution in [3.8, 4) is 0 Å². The molecule has 0 aliphatic carbocycles. The Hall–Kier alpha value is -1.27. The molecule has 1 saturated heterocycles. The standard InChI is InChI=1S/C12H19F3N2O2/c1-3-9-11(19)17(6-4-5-12(13,14)15)8(2)7-10(18)16-9/h8-9H,3-7H2,1-2H3,(H,16,18). The number of alkyl halides is 3. The third-order valence-corrected chi connectivity index (χ3v) is 3.20. The maximum Gasteiger partial charge on any atom is 0.389 e. The Labute approximate surface area is 110 Å². The normalized spacial score (nSPS) is 25.2. The summed E-state index contributed by atoms with van der Waals surface area (Å²) in [6, 6.07) is -0.986. The summed E-state index contributed by atoms with van der Waals surface area (Å²) in [6.07, 6.45) is -4.69. The highest BCUT2D eigenvalue weighted by molar-refractivity contribution is 5.90. The van der Waals surface area contributed by atoms with Crippen molar-refractivity contribution in [3.05, 3.63) is 0 Å². The van der Waals surface area contributed by atoms with Crippen molar-refractivity contribution >= 4 is 11.8 Å². The van der Waals surface area contributed by atoms with Gasteiger partial charge in [0, 0.05) is 25.4 Å². The molecule has 19 heavy (non-hydrogen) atoms. The molecule has 0 bridgehead atoms. The van der Waals surface area contributed by atoms with Gasteiger partial charge in [0.2, 0.25) is 11.8 Å². The lowest BCUT2D eigenvalue weighted by molar-refractivity contribution is -0.142. The fourth-order valence-corrected chi connectivity index (χ4v) is 2.17. The van der Waals surface area contributed by atoms with E-state index in [4.69, 9.17) is 0 Å². The fraction of sp³-hybridized carbons (Fsp3) is 0.833. The predicted octanol–water partition coefficient (Wildman–Crippen LogP) is 1.84. The van der Waals surface area contributed by atoms with Crippen LogP contribution in [-0.4, -0.2) is 41.5 Å². The van der Waals surface area contributed by atoms with E-state index in [1.807, 2.05) is 0 Å². The number of carbonyl (C=O) groups is 2. The molecule has 0 aromatic rings. The highest BCUT2D eigenvalue weighted by Crippen LogP contribution is 2.22. The minimum Gasteiger partial charge on any atom is -0.344 e. The first-order chi connectivity index (χ1) is 8.74. The Kier molecular flexibility index (Phi) is 5.20. The number of carbonyl (C=O) groups excluding carboxylic acids is 2.